The number of phosphoric acid groups is 1. The van der Waals surface area contributed by atoms with Gasteiger partial charge in [0.15, 0.2) is 0 Å². The predicted molar refractivity (Wildman–Crippen MR) is 152 cm³/mol. The Labute approximate surface area is 226 Å². The Kier molecular flexibility index (Phi) is 20.9. The number of allylic oxidation sites excluding steroid dienone is 5. The van der Waals surface area contributed by atoms with Crippen LogP contribution in [0.15, 0.2) is 36.5 Å². The van der Waals surface area contributed by atoms with Crippen LogP contribution in [0.25, 0.3) is 0 Å². The van der Waals surface area contributed by atoms with Crippen LogP contribution in [0.2, 0.25) is 0 Å². The molecule has 0 aliphatic carbocycles. The van der Waals surface area contributed by atoms with Gasteiger partial charge in [-0.3, -0.25) is 13.8 Å². The van der Waals surface area contributed by atoms with Crippen molar-refractivity contribution in [2.45, 2.75) is 96.6 Å². The molecule has 0 saturated heterocycles. The van der Waals surface area contributed by atoms with Crippen molar-refractivity contribution in [3.63, 3.8) is 0 Å². The van der Waals surface area contributed by atoms with Crippen LogP contribution in [-0.2, 0) is 18.4 Å². The fourth-order valence-electron chi connectivity index (χ4n) is 3.31. The second-order valence-electron chi connectivity index (χ2n) is 10.4. The molecule has 0 bridgehead atoms. The van der Waals surface area contributed by atoms with E-state index in [1.165, 1.54) is 0 Å². The number of unbranched alkanes of at least 4 members (excludes halogenated alkanes) is 6. The first-order valence-corrected chi connectivity index (χ1v) is 15.4. The summed E-state index contributed by atoms with van der Waals surface area (Å²) in [7, 11) is 1.53. The maximum absolute atomic E-state index is 12.5. The van der Waals surface area contributed by atoms with Crippen LogP contribution in [0, 0.1) is 0 Å². The number of rotatable bonds is 23. The van der Waals surface area contributed by atoms with Gasteiger partial charge >= 0.3 is 7.82 Å². The molecule has 0 radical (unpaired) electrons. The number of aliphatic hydroxyl groups excluding tert-OH is 1. The number of nitrogens with one attached hydrogen (secondary N) is 1. The van der Waals surface area contributed by atoms with Gasteiger partial charge in [0.05, 0.1) is 39.9 Å². The molecule has 0 aromatic rings. The van der Waals surface area contributed by atoms with Gasteiger partial charge in [-0.05, 0) is 38.5 Å². The summed E-state index contributed by atoms with van der Waals surface area (Å²) in [5.74, 6) is -0.212. The SMILES string of the molecule is CC/C=C/CC/C=C/CC/C=C/C(O)C(COP(=O)(O)OCC[N+](C)(C)C)NC(=O)CCCCCCC. The summed E-state index contributed by atoms with van der Waals surface area (Å²) in [5.41, 5.74) is 0. The normalized spacial score (nSPS) is 16.0. The smallest absolute Gasteiger partial charge is 0.387 e. The molecule has 0 aliphatic heterocycles. The second-order valence-corrected chi connectivity index (χ2v) is 11.8. The number of nitrogens with zero attached hydrogens (tertiary/aromatic N) is 1. The summed E-state index contributed by atoms with van der Waals surface area (Å²) in [6.45, 7) is 4.50. The number of carbonyl (C=O) groups excluding carboxylic acids is 1. The highest BCUT2D eigenvalue weighted by Crippen LogP contribution is 2.43. The maximum atomic E-state index is 12.5. The van der Waals surface area contributed by atoms with E-state index in [-0.39, 0.29) is 19.1 Å². The molecule has 3 unspecified atom stereocenters. The standard InChI is InChI=1S/C28H53N2O6P/c1-6-8-10-12-13-14-15-16-18-19-21-27(31)26(29-28(32)22-20-17-11-9-7-2)25-36-37(33,34)35-24-23-30(3,4)5/h8,10,14-15,19,21,26-27,31H,6-7,9,11-13,16-18,20,22-25H2,1-5H3,(H-,29,32,33,34)/p+1/b10-8+,15-14+,21-19+. The van der Waals surface area contributed by atoms with E-state index in [4.69, 9.17) is 9.05 Å². The first-order valence-electron chi connectivity index (χ1n) is 13.9. The molecule has 37 heavy (non-hydrogen) atoms. The summed E-state index contributed by atoms with van der Waals surface area (Å²) in [6, 6.07) is -0.859. The molecule has 0 spiro atoms. The molecule has 0 saturated carbocycles. The van der Waals surface area contributed by atoms with Crippen molar-refractivity contribution < 1.29 is 32.9 Å². The molecule has 9 heteroatoms. The van der Waals surface area contributed by atoms with Gasteiger partial charge in [-0.15, -0.1) is 0 Å². The molecular weight excluding hydrogens is 491 g/mol. The van der Waals surface area contributed by atoms with Crippen LogP contribution in [0.1, 0.15) is 84.5 Å². The molecular formula is C28H54N2O6P+. The molecule has 0 fully saturated rings. The maximum Gasteiger partial charge on any atom is 0.472 e. The number of aliphatic hydroxyl groups is 1. The summed E-state index contributed by atoms with van der Waals surface area (Å²) in [4.78, 5) is 22.5. The van der Waals surface area contributed by atoms with Gasteiger partial charge in [0, 0.05) is 6.42 Å². The van der Waals surface area contributed by atoms with Gasteiger partial charge in [0.1, 0.15) is 13.2 Å². The van der Waals surface area contributed by atoms with Crippen LogP contribution >= 0.6 is 7.82 Å². The quantitative estimate of drug-likeness (QED) is 0.0661. The number of hydrogen-bond acceptors (Lipinski definition) is 5. The van der Waals surface area contributed by atoms with E-state index in [0.29, 0.717) is 17.4 Å². The van der Waals surface area contributed by atoms with Crippen LogP contribution in [-0.4, -0.2) is 73.4 Å². The number of quaternary nitrogens is 1. The van der Waals surface area contributed by atoms with Crippen LogP contribution in [0.3, 0.4) is 0 Å². The van der Waals surface area contributed by atoms with Crippen molar-refractivity contribution in [3.8, 4) is 0 Å². The summed E-state index contributed by atoms with van der Waals surface area (Å²) in [6.07, 6.45) is 21.1. The number of phosphoric ester groups is 1. The van der Waals surface area contributed by atoms with E-state index in [9.17, 15) is 19.4 Å². The summed E-state index contributed by atoms with van der Waals surface area (Å²) in [5, 5.41) is 13.5. The lowest BCUT2D eigenvalue weighted by molar-refractivity contribution is -0.870. The molecule has 3 atom stereocenters. The van der Waals surface area contributed by atoms with Crippen molar-refractivity contribution in [1.29, 1.82) is 0 Å². The minimum absolute atomic E-state index is 0.0525. The minimum atomic E-state index is -4.31. The van der Waals surface area contributed by atoms with Crippen molar-refractivity contribution in [2.24, 2.45) is 0 Å². The molecule has 0 aliphatic rings. The van der Waals surface area contributed by atoms with Gasteiger partial charge in [-0.25, -0.2) is 4.57 Å². The Morgan fingerprint density at radius 2 is 1.51 bits per heavy atom. The first kappa shape index (κ1) is 35.7. The Balaban J connectivity index is 4.81. The minimum Gasteiger partial charge on any atom is -0.387 e. The highest BCUT2D eigenvalue weighted by atomic mass is 31.2. The van der Waals surface area contributed by atoms with E-state index < -0.39 is 20.0 Å². The Hall–Kier alpha value is -1.28. The molecule has 216 valence electrons. The van der Waals surface area contributed by atoms with E-state index >= 15 is 0 Å². The Morgan fingerprint density at radius 3 is 2.11 bits per heavy atom. The van der Waals surface area contributed by atoms with Crippen LogP contribution in [0.5, 0.6) is 0 Å². The van der Waals surface area contributed by atoms with Crippen LogP contribution < -0.4 is 5.32 Å². The van der Waals surface area contributed by atoms with E-state index in [1.54, 1.807) is 6.08 Å². The lowest BCUT2D eigenvalue weighted by Crippen LogP contribution is -2.45. The topological polar surface area (TPSA) is 105 Å². The average molecular weight is 546 g/mol. The zero-order valence-corrected chi connectivity index (χ0v) is 24.8. The number of carbonyl (C=O) groups is 1. The highest BCUT2D eigenvalue weighted by Gasteiger charge is 2.27. The predicted octanol–water partition coefficient (Wildman–Crippen LogP) is 5.67. The third-order valence-corrected chi connectivity index (χ3v) is 6.59. The van der Waals surface area contributed by atoms with Gasteiger partial charge < -0.3 is 19.8 Å². The zero-order valence-electron chi connectivity index (χ0n) is 23.9. The summed E-state index contributed by atoms with van der Waals surface area (Å²) >= 11 is 0. The fourth-order valence-corrected chi connectivity index (χ4v) is 4.05. The Bertz CT molecular complexity index is 718. The zero-order chi connectivity index (χ0) is 28.0. The van der Waals surface area contributed by atoms with E-state index in [0.717, 1.165) is 64.2 Å². The van der Waals surface area contributed by atoms with E-state index in [2.05, 4.69) is 43.5 Å². The van der Waals surface area contributed by atoms with Gasteiger partial charge in [0.25, 0.3) is 0 Å². The van der Waals surface area contributed by atoms with Crippen LogP contribution in [0.4, 0.5) is 0 Å². The molecule has 0 heterocycles. The molecule has 0 aromatic heterocycles. The average Bonchev–Trinajstić information content (AvgIpc) is 2.81. The van der Waals surface area contributed by atoms with Gasteiger partial charge in [-0.1, -0.05) is 76.0 Å². The molecule has 0 aromatic carbocycles. The number of likely N-dealkylation sites (N-methyl/N-ethyl adjacent to an activating group) is 1. The Morgan fingerprint density at radius 1 is 0.919 bits per heavy atom. The molecule has 1 amide bonds. The lowest BCUT2D eigenvalue weighted by Gasteiger charge is -2.25. The van der Waals surface area contributed by atoms with Crippen molar-refractivity contribution in [3.05, 3.63) is 36.5 Å². The molecule has 3 N–H and O–H groups in total. The lowest BCUT2D eigenvalue weighted by atomic mass is 10.1. The largest absolute Gasteiger partial charge is 0.472 e. The second kappa shape index (κ2) is 21.6. The molecule has 8 nitrogen and oxygen atoms in total. The number of hydrogen-bond donors (Lipinski definition) is 3. The van der Waals surface area contributed by atoms with Crippen molar-refractivity contribution >= 4 is 13.7 Å². The first-order chi connectivity index (χ1) is 17.5. The third-order valence-electron chi connectivity index (χ3n) is 5.60. The fraction of sp³-hybridized carbons (Fsp3) is 0.750. The van der Waals surface area contributed by atoms with Crippen molar-refractivity contribution in [2.75, 3.05) is 40.9 Å². The van der Waals surface area contributed by atoms with Gasteiger partial charge in [-0.2, -0.15) is 0 Å². The van der Waals surface area contributed by atoms with Gasteiger partial charge in [0.2, 0.25) is 5.91 Å². The monoisotopic (exact) mass is 545 g/mol. The third kappa shape index (κ3) is 23.6. The van der Waals surface area contributed by atoms with E-state index in [1.807, 2.05) is 27.2 Å². The molecule has 0 rings (SSSR count). The summed E-state index contributed by atoms with van der Waals surface area (Å²) < 4.78 is 23.1. The van der Waals surface area contributed by atoms with Crippen molar-refractivity contribution in [1.82, 2.24) is 5.32 Å². The number of amides is 1. The highest BCUT2D eigenvalue weighted by molar-refractivity contribution is 7.47.